The molecule has 8 N–H and O–H groups in total. The van der Waals surface area contributed by atoms with Gasteiger partial charge in [-0.15, -0.1) is 0 Å². The normalized spacial score (nSPS) is 14.2. The summed E-state index contributed by atoms with van der Waals surface area (Å²) < 4.78 is 22.9. The Morgan fingerprint density at radius 1 is 0.429 bits per heavy atom. The molecule has 0 aliphatic rings. The van der Waals surface area contributed by atoms with E-state index in [0.29, 0.717) is 22.3 Å². The van der Waals surface area contributed by atoms with Crippen molar-refractivity contribution < 1.29 is 57.2 Å². The maximum Gasteiger partial charge on any atom is 0.328 e. The van der Waals surface area contributed by atoms with Gasteiger partial charge in [0.15, 0.2) is 0 Å². The summed E-state index contributed by atoms with van der Waals surface area (Å²) in [6.45, 7) is 22.1. The van der Waals surface area contributed by atoms with Crippen molar-refractivity contribution in [1.82, 2.24) is 0 Å². The molecule has 0 heterocycles. The molecule has 0 saturated heterocycles. The second-order valence-electron chi connectivity index (χ2n) is 16.4. The molecule has 280 valence electrons. The van der Waals surface area contributed by atoms with Crippen molar-refractivity contribution >= 4 is 34.4 Å². The maximum atomic E-state index is 11.0. The molecule has 2 rings (SSSR count). The number of benzene rings is 2. The molecule has 0 amide bonds. The highest BCUT2D eigenvalue weighted by atomic mass is 31.2. The summed E-state index contributed by atoms with van der Waals surface area (Å²) in [5.41, 5.74) is -1.94. The minimum atomic E-state index is -3.26. The van der Waals surface area contributed by atoms with Crippen LogP contribution >= 0.6 is 34.4 Å². The molecule has 12 nitrogen and oxygen atoms in total. The summed E-state index contributed by atoms with van der Waals surface area (Å²) in [5.74, 6) is 0. The van der Waals surface area contributed by atoms with E-state index < -0.39 is 76.1 Å². The second-order valence-corrected chi connectivity index (χ2v) is 19.4. The van der Waals surface area contributed by atoms with Crippen LogP contribution in [0.3, 0.4) is 0 Å². The standard InChI is InChI=1S/C33H56O12P4/c1-28(2,3)22-13-15-24(26(17-22)30(7,8)9)33(45-49(40)41,25-16-14-23(29(4,5)6)18-27(25)31(10,11)12)32(19-42-46(34)35,20-43-47(36)37)21-44-48(38)39/h13-18,34-41H,19-21H2,1-12H3. The Hall–Kier alpha value is -0.320. The van der Waals surface area contributed by atoms with E-state index in [0.717, 1.165) is 11.1 Å². The molecule has 0 unspecified atom stereocenters. The van der Waals surface area contributed by atoms with Gasteiger partial charge in [-0.25, -0.2) is 0 Å². The average Bonchev–Trinajstić information content (AvgIpc) is 2.93. The first-order valence-electron chi connectivity index (χ1n) is 15.7. The lowest BCUT2D eigenvalue weighted by atomic mass is 9.60. The number of hydrogen-bond donors (Lipinski definition) is 8. The Morgan fingerprint density at radius 2 is 0.735 bits per heavy atom. The van der Waals surface area contributed by atoms with Crippen LogP contribution in [0.25, 0.3) is 0 Å². The third-order valence-corrected chi connectivity index (χ3v) is 10.00. The maximum absolute atomic E-state index is 11.0. The highest BCUT2D eigenvalue weighted by Crippen LogP contribution is 2.60. The van der Waals surface area contributed by atoms with Gasteiger partial charge in [-0.1, -0.05) is 119 Å². The Morgan fingerprint density at radius 3 is 0.959 bits per heavy atom. The van der Waals surface area contributed by atoms with E-state index in [4.69, 9.17) is 18.1 Å². The van der Waals surface area contributed by atoms with Crippen LogP contribution < -0.4 is 0 Å². The Labute approximate surface area is 296 Å². The van der Waals surface area contributed by atoms with E-state index in [1.165, 1.54) is 0 Å². The number of rotatable bonds is 14. The second kappa shape index (κ2) is 16.8. The topological polar surface area (TPSA) is 199 Å². The van der Waals surface area contributed by atoms with Gasteiger partial charge in [0.2, 0.25) is 0 Å². The lowest BCUT2D eigenvalue weighted by molar-refractivity contribution is -0.114. The molecular weight excluding hydrogens is 712 g/mol. The fourth-order valence-electron chi connectivity index (χ4n) is 5.88. The third kappa shape index (κ3) is 11.3. The predicted octanol–water partition coefficient (Wildman–Crippen LogP) is 7.02. The van der Waals surface area contributed by atoms with Crippen molar-refractivity contribution in [3.63, 3.8) is 0 Å². The molecule has 49 heavy (non-hydrogen) atoms. The molecule has 0 radical (unpaired) electrons. The van der Waals surface area contributed by atoms with Crippen LogP contribution in [0.15, 0.2) is 36.4 Å². The molecule has 0 aromatic heterocycles. The van der Waals surface area contributed by atoms with Gasteiger partial charge in [-0.05, 0) is 55.0 Å². The Kier molecular flexibility index (Phi) is 15.4. The fourth-order valence-corrected chi connectivity index (χ4v) is 7.61. The van der Waals surface area contributed by atoms with Crippen LogP contribution in [-0.4, -0.2) is 59.0 Å². The third-order valence-electron chi connectivity index (χ3n) is 8.48. The summed E-state index contributed by atoms with van der Waals surface area (Å²) in [6, 6.07) is 11.3. The molecule has 0 atom stereocenters. The van der Waals surface area contributed by atoms with E-state index in [9.17, 15) is 39.1 Å². The van der Waals surface area contributed by atoms with Gasteiger partial charge < -0.3 is 52.7 Å². The minimum Gasteiger partial charge on any atom is -0.328 e. The zero-order valence-corrected chi connectivity index (χ0v) is 34.2. The highest BCUT2D eigenvalue weighted by Gasteiger charge is 2.60. The molecule has 0 saturated carbocycles. The summed E-state index contributed by atoms with van der Waals surface area (Å²) >= 11 is 0. The van der Waals surface area contributed by atoms with E-state index in [1.54, 1.807) is 12.1 Å². The molecule has 2 aromatic rings. The van der Waals surface area contributed by atoms with Crippen molar-refractivity contribution in [1.29, 1.82) is 0 Å². The van der Waals surface area contributed by atoms with Crippen molar-refractivity contribution in [2.75, 3.05) is 19.8 Å². The van der Waals surface area contributed by atoms with E-state index in [1.807, 2.05) is 65.8 Å². The zero-order valence-electron chi connectivity index (χ0n) is 30.6. The van der Waals surface area contributed by atoms with Crippen LogP contribution in [0.2, 0.25) is 0 Å². The Bertz CT molecular complexity index is 1270. The summed E-state index contributed by atoms with van der Waals surface area (Å²) in [6.07, 6.45) is 0. The quantitative estimate of drug-likeness (QED) is 0.0916. The van der Waals surface area contributed by atoms with Crippen molar-refractivity contribution in [2.45, 2.75) is 110 Å². The summed E-state index contributed by atoms with van der Waals surface area (Å²) in [4.78, 5) is 82.3. The zero-order chi connectivity index (χ0) is 38.0. The van der Waals surface area contributed by atoms with E-state index in [-0.39, 0.29) is 10.8 Å². The van der Waals surface area contributed by atoms with Gasteiger partial charge in [0, 0.05) is 0 Å². The lowest BCUT2D eigenvalue weighted by Gasteiger charge is -2.52. The van der Waals surface area contributed by atoms with E-state index >= 15 is 0 Å². The molecule has 0 fully saturated rings. The largest absolute Gasteiger partial charge is 0.328 e. The van der Waals surface area contributed by atoms with Crippen LogP contribution in [0, 0.1) is 5.41 Å². The molecule has 0 aliphatic carbocycles. The number of hydrogen-bond acceptors (Lipinski definition) is 12. The van der Waals surface area contributed by atoms with Crippen LogP contribution in [0.1, 0.15) is 116 Å². The van der Waals surface area contributed by atoms with Gasteiger partial charge >= 0.3 is 34.4 Å². The van der Waals surface area contributed by atoms with Gasteiger partial charge in [0.05, 0.1) is 25.2 Å². The van der Waals surface area contributed by atoms with Crippen molar-refractivity contribution in [3.05, 3.63) is 69.8 Å². The van der Waals surface area contributed by atoms with Gasteiger partial charge in [0.1, 0.15) is 5.60 Å². The van der Waals surface area contributed by atoms with Gasteiger partial charge in [-0.3, -0.25) is 4.52 Å². The van der Waals surface area contributed by atoms with Crippen molar-refractivity contribution in [2.24, 2.45) is 5.41 Å². The van der Waals surface area contributed by atoms with Crippen LogP contribution in [0.5, 0.6) is 0 Å². The predicted molar refractivity (Wildman–Crippen MR) is 195 cm³/mol. The first kappa shape index (κ1) is 44.8. The molecule has 0 bridgehead atoms. The molecule has 16 heteroatoms. The molecule has 0 aliphatic heterocycles. The minimum absolute atomic E-state index is 0.309. The Balaban J connectivity index is 3.53. The molecular formula is C33H56O12P4. The van der Waals surface area contributed by atoms with E-state index in [2.05, 4.69) is 41.5 Å². The smallest absolute Gasteiger partial charge is 0.328 e. The highest BCUT2D eigenvalue weighted by molar-refractivity contribution is 7.40. The van der Waals surface area contributed by atoms with Crippen LogP contribution in [-0.2, 0) is 45.4 Å². The van der Waals surface area contributed by atoms with Crippen LogP contribution in [0.4, 0.5) is 0 Å². The monoisotopic (exact) mass is 768 g/mol. The lowest BCUT2D eigenvalue weighted by Crippen LogP contribution is -2.57. The van der Waals surface area contributed by atoms with Gasteiger partial charge in [0.25, 0.3) is 0 Å². The first-order valence-corrected chi connectivity index (χ1v) is 20.3. The van der Waals surface area contributed by atoms with Gasteiger partial charge in [-0.2, -0.15) is 0 Å². The summed E-state index contributed by atoms with van der Waals surface area (Å²) in [5, 5.41) is 0. The first-order chi connectivity index (χ1) is 22.1. The molecule has 2 aromatic carbocycles. The fraction of sp³-hybridized carbons (Fsp3) is 0.636. The summed E-state index contributed by atoms with van der Waals surface area (Å²) in [7, 11) is -12.4. The van der Waals surface area contributed by atoms with Crippen molar-refractivity contribution in [3.8, 4) is 0 Å². The average molecular weight is 769 g/mol. The molecule has 0 spiro atoms. The SMILES string of the molecule is CC(C)(C)c1ccc(C(OP(O)O)(c2ccc(C(C)(C)C)cc2C(C)(C)C)C(COP(O)O)(COP(O)O)COP(O)O)c(C(C)(C)C)c1.